The molecule has 1 aromatic carbocycles. The van der Waals surface area contributed by atoms with E-state index < -0.39 is 16.3 Å². The number of ether oxygens (including phenoxy) is 2. The highest BCUT2D eigenvalue weighted by Crippen LogP contribution is 2.26. The van der Waals surface area contributed by atoms with Crippen LogP contribution in [0, 0.1) is 10.1 Å². The van der Waals surface area contributed by atoms with Gasteiger partial charge in [-0.1, -0.05) is 0 Å². The third kappa shape index (κ3) is 4.10. The van der Waals surface area contributed by atoms with E-state index in [9.17, 15) is 14.9 Å². The molecule has 0 fully saturated rings. The van der Waals surface area contributed by atoms with Crippen molar-refractivity contribution in [1.29, 1.82) is 0 Å². The quantitative estimate of drug-likeness (QED) is 0.347. The number of carbonyl (C=O) groups is 1. The number of halogens is 1. The summed E-state index contributed by atoms with van der Waals surface area (Å²) in [6.45, 7) is 1.88. The Morgan fingerprint density at radius 1 is 1.53 bits per heavy atom. The van der Waals surface area contributed by atoms with Gasteiger partial charge in [-0.25, -0.2) is 0 Å². The fraction of sp³-hybridized carbons (Fsp3) is 0.417. The predicted molar refractivity (Wildman–Crippen MR) is 69.6 cm³/mol. The van der Waals surface area contributed by atoms with Crippen LogP contribution in [0.25, 0.3) is 0 Å². The number of benzene rings is 1. The van der Waals surface area contributed by atoms with Crippen molar-refractivity contribution in [2.75, 3.05) is 13.7 Å². The SMILES string of the molecule is CCOC(=O)C(Cl)Cc1ccc(OC)cc1[N+](=O)[O-]. The van der Waals surface area contributed by atoms with Gasteiger partial charge >= 0.3 is 5.97 Å². The Bertz CT molecular complexity index is 477. The van der Waals surface area contributed by atoms with Gasteiger partial charge in [-0.2, -0.15) is 0 Å². The molecular formula is C12H14ClNO5. The van der Waals surface area contributed by atoms with E-state index in [0.29, 0.717) is 11.3 Å². The van der Waals surface area contributed by atoms with E-state index in [4.69, 9.17) is 21.1 Å². The smallest absolute Gasteiger partial charge is 0.324 e. The van der Waals surface area contributed by atoms with Gasteiger partial charge in [0, 0.05) is 12.0 Å². The van der Waals surface area contributed by atoms with Crippen molar-refractivity contribution in [1.82, 2.24) is 0 Å². The van der Waals surface area contributed by atoms with E-state index in [-0.39, 0.29) is 18.7 Å². The molecule has 1 rings (SSSR count). The van der Waals surface area contributed by atoms with Crippen LogP contribution in [-0.4, -0.2) is 30.0 Å². The van der Waals surface area contributed by atoms with Crippen LogP contribution in [0.15, 0.2) is 18.2 Å². The highest BCUT2D eigenvalue weighted by Gasteiger charge is 2.23. The zero-order chi connectivity index (χ0) is 14.4. The number of nitrogens with zero attached hydrogens (tertiary/aromatic N) is 1. The van der Waals surface area contributed by atoms with Gasteiger partial charge < -0.3 is 9.47 Å². The van der Waals surface area contributed by atoms with E-state index in [0.717, 1.165) is 0 Å². The van der Waals surface area contributed by atoms with Gasteiger partial charge in [-0.15, -0.1) is 11.6 Å². The highest BCUT2D eigenvalue weighted by molar-refractivity contribution is 6.30. The Kier molecular flexibility index (Phi) is 5.57. The molecule has 19 heavy (non-hydrogen) atoms. The first-order chi connectivity index (χ1) is 8.99. The number of carbonyl (C=O) groups excluding carboxylic acids is 1. The normalized spacial score (nSPS) is 11.7. The van der Waals surface area contributed by atoms with Gasteiger partial charge in [-0.3, -0.25) is 14.9 Å². The number of alkyl halides is 1. The zero-order valence-corrected chi connectivity index (χ0v) is 11.3. The summed E-state index contributed by atoms with van der Waals surface area (Å²) >= 11 is 5.87. The molecule has 6 nitrogen and oxygen atoms in total. The van der Waals surface area contributed by atoms with Gasteiger partial charge in [-0.05, 0) is 19.1 Å². The second-order valence-electron chi connectivity index (χ2n) is 3.68. The molecule has 7 heteroatoms. The maximum atomic E-state index is 11.4. The van der Waals surface area contributed by atoms with Crippen LogP contribution in [0.1, 0.15) is 12.5 Å². The van der Waals surface area contributed by atoms with Crippen molar-refractivity contribution in [2.45, 2.75) is 18.7 Å². The summed E-state index contributed by atoms with van der Waals surface area (Å²) in [5.41, 5.74) is 0.230. The summed E-state index contributed by atoms with van der Waals surface area (Å²) in [6.07, 6.45) is 0.0285. The Morgan fingerprint density at radius 3 is 2.74 bits per heavy atom. The van der Waals surface area contributed by atoms with Gasteiger partial charge in [0.2, 0.25) is 0 Å². The molecule has 0 aliphatic rings. The number of hydrogen-bond acceptors (Lipinski definition) is 5. The summed E-state index contributed by atoms with van der Waals surface area (Å²) in [5, 5.41) is 10.0. The van der Waals surface area contributed by atoms with Crippen LogP contribution < -0.4 is 4.74 Å². The molecule has 0 amide bonds. The Balaban J connectivity index is 2.94. The van der Waals surface area contributed by atoms with Crippen molar-refractivity contribution in [3.05, 3.63) is 33.9 Å². The third-order valence-electron chi connectivity index (χ3n) is 2.43. The molecule has 1 aromatic rings. The molecule has 104 valence electrons. The Labute approximate surface area is 115 Å². The van der Waals surface area contributed by atoms with E-state index >= 15 is 0 Å². The first-order valence-corrected chi connectivity index (χ1v) is 6.05. The average molecular weight is 288 g/mol. The van der Waals surface area contributed by atoms with E-state index in [2.05, 4.69) is 0 Å². The molecule has 0 N–H and O–H groups in total. The zero-order valence-electron chi connectivity index (χ0n) is 10.6. The monoisotopic (exact) mass is 287 g/mol. The summed E-state index contributed by atoms with van der Waals surface area (Å²) in [5.74, 6) is -0.216. The molecule has 0 radical (unpaired) electrons. The lowest BCUT2D eigenvalue weighted by Crippen LogP contribution is -2.20. The number of nitro benzene ring substituents is 1. The van der Waals surface area contributed by atoms with Gasteiger partial charge in [0.15, 0.2) is 0 Å². The molecule has 1 atom stereocenters. The number of rotatable bonds is 6. The van der Waals surface area contributed by atoms with Crippen LogP contribution in [0.3, 0.4) is 0 Å². The van der Waals surface area contributed by atoms with Crippen LogP contribution in [0.2, 0.25) is 0 Å². The number of esters is 1. The molecule has 0 aliphatic carbocycles. The first kappa shape index (κ1) is 15.2. The lowest BCUT2D eigenvalue weighted by molar-refractivity contribution is -0.385. The summed E-state index contributed by atoms with van der Waals surface area (Å²) in [4.78, 5) is 21.8. The standard InChI is InChI=1S/C12H14ClNO5/c1-3-19-12(15)10(13)6-8-4-5-9(18-2)7-11(8)14(16)17/h4-5,7,10H,3,6H2,1-2H3. The first-order valence-electron chi connectivity index (χ1n) is 5.61. The van der Waals surface area contributed by atoms with Crippen molar-refractivity contribution >= 4 is 23.3 Å². The van der Waals surface area contributed by atoms with Gasteiger partial charge in [0.25, 0.3) is 5.69 Å². The number of nitro groups is 1. The maximum absolute atomic E-state index is 11.4. The predicted octanol–water partition coefficient (Wildman–Crippen LogP) is 2.32. The van der Waals surface area contributed by atoms with Crippen molar-refractivity contribution in [3.63, 3.8) is 0 Å². The van der Waals surface area contributed by atoms with E-state index in [1.54, 1.807) is 13.0 Å². The summed E-state index contributed by atoms with van der Waals surface area (Å²) < 4.78 is 9.68. The fourth-order valence-electron chi connectivity index (χ4n) is 1.52. The summed E-state index contributed by atoms with van der Waals surface area (Å²) in [7, 11) is 1.42. The molecule has 0 saturated carbocycles. The summed E-state index contributed by atoms with van der Waals surface area (Å²) in [6, 6.07) is 4.40. The number of hydrogen-bond donors (Lipinski definition) is 0. The number of methoxy groups -OCH3 is 1. The minimum atomic E-state index is -0.952. The third-order valence-corrected chi connectivity index (χ3v) is 2.76. The second kappa shape index (κ2) is 6.94. The lowest BCUT2D eigenvalue weighted by atomic mass is 10.1. The van der Waals surface area contributed by atoms with Crippen molar-refractivity contribution < 1.29 is 19.2 Å². The van der Waals surface area contributed by atoms with Crippen molar-refractivity contribution in [3.8, 4) is 5.75 Å². The molecule has 0 aromatic heterocycles. The van der Waals surface area contributed by atoms with Crippen LogP contribution >= 0.6 is 11.6 Å². The van der Waals surface area contributed by atoms with E-state index in [1.165, 1.54) is 19.2 Å². The Morgan fingerprint density at radius 2 is 2.21 bits per heavy atom. The minimum Gasteiger partial charge on any atom is -0.497 e. The van der Waals surface area contributed by atoms with Gasteiger partial charge in [0.05, 0.1) is 24.7 Å². The largest absolute Gasteiger partial charge is 0.497 e. The van der Waals surface area contributed by atoms with Crippen LogP contribution in [0.4, 0.5) is 5.69 Å². The van der Waals surface area contributed by atoms with E-state index in [1.807, 2.05) is 0 Å². The lowest BCUT2D eigenvalue weighted by Gasteiger charge is -2.09. The molecule has 0 heterocycles. The highest BCUT2D eigenvalue weighted by atomic mass is 35.5. The molecule has 0 saturated heterocycles. The molecule has 1 unspecified atom stereocenters. The van der Waals surface area contributed by atoms with Crippen LogP contribution in [0.5, 0.6) is 5.75 Å². The average Bonchev–Trinajstić information content (AvgIpc) is 2.39. The molecule has 0 aliphatic heterocycles. The molecular weight excluding hydrogens is 274 g/mol. The fourth-order valence-corrected chi connectivity index (χ4v) is 1.75. The Hall–Kier alpha value is -1.82. The topological polar surface area (TPSA) is 78.7 Å². The molecule has 0 bridgehead atoms. The van der Waals surface area contributed by atoms with Crippen molar-refractivity contribution in [2.24, 2.45) is 0 Å². The van der Waals surface area contributed by atoms with Crippen LogP contribution in [-0.2, 0) is 16.0 Å². The van der Waals surface area contributed by atoms with Gasteiger partial charge in [0.1, 0.15) is 11.1 Å². The minimum absolute atomic E-state index is 0.0285. The molecule has 0 spiro atoms. The maximum Gasteiger partial charge on any atom is 0.324 e. The second-order valence-corrected chi connectivity index (χ2v) is 4.20.